The lowest BCUT2D eigenvalue weighted by atomic mass is 10.2. The van der Waals surface area contributed by atoms with Crippen LogP contribution >= 0.6 is 0 Å². The van der Waals surface area contributed by atoms with Crippen LogP contribution in [0.2, 0.25) is 0 Å². The molecule has 132 valence electrons. The van der Waals surface area contributed by atoms with E-state index in [1.54, 1.807) is 24.4 Å². The minimum atomic E-state index is -0.141. The summed E-state index contributed by atoms with van der Waals surface area (Å²) in [5.41, 5.74) is 1.77. The Labute approximate surface area is 147 Å². The molecule has 6 heteroatoms. The second-order valence-corrected chi connectivity index (χ2v) is 6.03. The van der Waals surface area contributed by atoms with Crippen molar-refractivity contribution in [1.82, 2.24) is 9.88 Å². The molecule has 0 aliphatic carbocycles. The van der Waals surface area contributed by atoms with Crippen LogP contribution in [0.1, 0.15) is 18.4 Å². The average molecular weight is 341 g/mol. The molecule has 2 heterocycles. The molecule has 0 radical (unpaired) electrons. The molecule has 6 nitrogen and oxygen atoms in total. The van der Waals surface area contributed by atoms with Gasteiger partial charge in [-0.1, -0.05) is 0 Å². The van der Waals surface area contributed by atoms with E-state index in [2.05, 4.69) is 10.3 Å². The molecule has 1 fully saturated rings. The summed E-state index contributed by atoms with van der Waals surface area (Å²) in [6.45, 7) is 1.86. The van der Waals surface area contributed by atoms with Gasteiger partial charge in [-0.25, -0.2) is 4.79 Å². The topological polar surface area (TPSA) is 63.7 Å². The number of nitrogens with one attached hydrogen (secondary N) is 1. The third kappa shape index (κ3) is 4.93. The normalized spacial score (nSPS) is 16.4. The maximum absolute atomic E-state index is 12.8. The lowest BCUT2D eigenvalue weighted by Gasteiger charge is -2.26. The number of aromatic nitrogens is 1. The van der Waals surface area contributed by atoms with Crippen molar-refractivity contribution in [2.45, 2.75) is 25.5 Å². The number of methoxy groups -OCH3 is 1. The summed E-state index contributed by atoms with van der Waals surface area (Å²) in [5, 5.41) is 2.95. The number of anilines is 1. The largest absolute Gasteiger partial charge is 0.497 e. The highest BCUT2D eigenvalue weighted by Crippen LogP contribution is 2.18. The monoisotopic (exact) mass is 341 g/mol. The van der Waals surface area contributed by atoms with Crippen LogP contribution in [0.5, 0.6) is 5.75 Å². The van der Waals surface area contributed by atoms with Crippen molar-refractivity contribution in [2.75, 3.05) is 25.6 Å². The fourth-order valence-corrected chi connectivity index (χ4v) is 2.84. The number of benzene rings is 1. The molecule has 0 spiro atoms. The molecule has 1 aromatic heterocycles. The molecule has 1 aliphatic rings. The first-order chi connectivity index (χ1) is 12.2. The van der Waals surface area contributed by atoms with Crippen molar-refractivity contribution in [1.29, 1.82) is 0 Å². The Morgan fingerprint density at radius 2 is 2.04 bits per heavy atom. The first-order valence-corrected chi connectivity index (χ1v) is 8.45. The highest BCUT2D eigenvalue weighted by Gasteiger charge is 2.23. The summed E-state index contributed by atoms with van der Waals surface area (Å²) < 4.78 is 10.8. The third-order valence-electron chi connectivity index (χ3n) is 4.20. The quantitative estimate of drug-likeness (QED) is 0.875. The Kier molecular flexibility index (Phi) is 5.85. The molecule has 1 aliphatic heterocycles. The SMILES string of the molecule is COc1ccc(NC(=O)N(Cc2ccncc2)CC2CCCO2)cc1. The highest BCUT2D eigenvalue weighted by atomic mass is 16.5. The van der Waals surface area contributed by atoms with Gasteiger partial charge in [-0.3, -0.25) is 4.98 Å². The predicted molar refractivity (Wildman–Crippen MR) is 95.6 cm³/mol. The van der Waals surface area contributed by atoms with Gasteiger partial charge in [0.25, 0.3) is 0 Å². The van der Waals surface area contributed by atoms with Crippen molar-refractivity contribution >= 4 is 11.7 Å². The molecular weight excluding hydrogens is 318 g/mol. The number of carbonyl (C=O) groups is 1. The first-order valence-electron chi connectivity index (χ1n) is 8.45. The predicted octanol–water partition coefficient (Wildman–Crippen LogP) is 3.30. The van der Waals surface area contributed by atoms with Crippen molar-refractivity contribution in [3.8, 4) is 5.75 Å². The molecule has 0 saturated carbocycles. The Hall–Kier alpha value is -2.60. The standard InChI is InChI=1S/C19H23N3O3/c1-24-17-6-4-16(5-7-17)21-19(23)22(14-18-3-2-12-25-18)13-15-8-10-20-11-9-15/h4-11,18H,2-3,12-14H2,1H3,(H,21,23). The lowest BCUT2D eigenvalue weighted by molar-refractivity contribution is 0.0819. The van der Waals surface area contributed by atoms with E-state index in [0.717, 1.165) is 36.4 Å². The van der Waals surface area contributed by atoms with Crippen molar-refractivity contribution in [3.05, 3.63) is 54.4 Å². The van der Waals surface area contributed by atoms with E-state index in [-0.39, 0.29) is 12.1 Å². The fraction of sp³-hybridized carbons (Fsp3) is 0.368. The summed E-state index contributed by atoms with van der Waals surface area (Å²) in [7, 11) is 1.62. The van der Waals surface area contributed by atoms with Gasteiger partial charge in [-0.15, -0.1) is 0 Å². The second-order valence-electron chi connectivity index (χ2n) is 6.03. The summed E-state index contributed by atoms with van der Waals surface area (Å²) in [6, 6.07) is 11.0. The zero-order valence-corrected chi connectivity index (χ0v) is 14.4. The van der Waals surface area contributed by atoms with Crippen LogP contribution in [0.3, 0.4) is 0 Å². The summed E-state index contributed by atoms with van der Waals surface area (Å²) in [4.78, 5) is 18.6. The average Bonchev–Trinajstić information content (AvgIpc) is 3.16. The first kappa shape index (κ1) is 17.2. The number of nitrogens with zero attached hydrogens (tertiary/aromatic N) is 2. The summed E-state index contributed by atoms with van der Waals surface area (Å²) >= 11 is 0. The van der Waals surface area contributed by atoms with E-state index >= 15 is 0 Å². The van der Waals surface area contributed by atoms with E-state index in [1.807, 2.05) is 36.4 Å². The minimum Gasteiger partial charge on any atom is -0.497 e. The molecule has 1 atom stereocenters. The van der Waals surface area contributed by atoms with Crippen LogP contribution < -0.4 is 10.1 Å². The van der Waals surface area contributed by atoms with Crippen molar-refractivity contribution in [3.63, 3.8) is 0 Å². The van der Waals surface area contributed by atoms with E-state index in [4.69, 9.17) is 9.47 Å². The van der Waals surface area contributed by atoms with Gasteiger partial charge in [0.2, 0.25) is 0 Å². The van der Waals surface area contributed by atoms with Gasteiger partial charge >= 0.3 is 6.03 Å². The fourth-order valence-electron chi connectivity index (χ4n) is 2.84. The molecule has 2 amide bonds. The zero-order chi connectivity index (χ0) is 17.5. The molecular formula is C19H23N3O3. The molecule has 1 N–H and O–H groups in total. The van der Waals surface area contributed by atoms with Crippen LogP contribution in [0.4, 0.5) is 10.5 Å². The molecule has 2 aromatic rings. The Balaban J connectivity index is 1.68. The number of carbonyl (C=O) groups excluding carboxylic acids is 1. The number of urea groups is 1. The second kappa shape index (κ2) is 8.48. The van der Waals surface area contributed by atoms with Crippen LogP contribution in [0.15, 0.2) is 48.8 Å². The van der Waals surface area contributed by atoms with Gasteiger partial charge in [0.15, 0.2) is 0 Å². The maximum atomic E-state index is 12.8. The smallest absolute Gasteiger partial charge is 0.322 e. The molecule has 1 saturated heterocycles. The van der Waals surface area contributed by atoms with Crippen LogP contribution in [-0.4, -0.2) is 42.3 Å². The highest BCUT2D eigenvalue weighted by molar-refractivity contribution is 5.89. The van der Waals surface area contributed by atoms with Gasteiger partial charge < -0.3 is 19.7 Å². The Bertz CT molecular complexity index is 670. The van der Waals surface area contributed by atoms with E-state index in [9.17, 15) is 4.79 Å². The van der Waals surface area contributed by atoms with Crippen molar-refractivity contribution in [2.24, 2.45) is 0 Å². The molecule has 3 rings (SSSR count). The number of hydrogen-bond donors (Lipinski definition) is 1. The number of pyridine rings is 1. The Morgan fingerprint density at radius 3 is 2.68 bits per heavy atom. The van der Waals surface area contributed by atoms with Crippen LogP contribution in [-0.2, 0) is 11.3 Å². The van der Waals surface area contributed by atoms with Gasteiger partial charge in [0, 0.05) is 37.8 Å². The van der Waals surface area contributed by atoms with Gasteiger partial charge in [-0.05, 0) is 54.8 Å². The molecule has 1 unspecified atom stereocenters. The number of ether oxygens (including phenoxy) is 2. The van der Waals surface area contributed by atoms with Gasteiger partial charge in [0.05, 0.1) is 13.2 Å². The number of rotatable bonds is 6. The van der Waals surface area contributed by atoms with Gasteiger partial charge in [0.1, 0.15) is 5.75 Å². The number of hydrogen-bond acceptors (Lipinski definition) is 4. The third-order valence-corrected chi connectivity index (χ3v) is 4.20. The lowest BCUT2D eigenvalue weighted by Crippen LogP contribution is -2.39. The van der Waals surface area contributed by atoms with Gasteiger partial charge in [-0.2, -0.15) is 0 Å². The van der Waals surface area contributed by atoms with Crippen LogP contribution in [0.25, 0.3) is 0 Å². The summed E-state index contributed by atoms with van der Waals surface area (Å²) in [6.07, 6.45) is 5.61. The Morgan fingerprint density at radius 1 is 1.28 bits per heavy atom. The van der Waals surface area contributed by atoms with Crippen molar-refractivity contribution < 1.29 is 14.3 Å². The van der Waals surface area contributed by atoms with E-state index in [1.165, 1.54) is 0 Å². The zero-order valence-electron chi connectivity index (χ0n) is 14.4. The summed E-state index contributed by atoms with van der Waals surface area (Å²) in [5.74, 6) is 0.756. The molecule has 1 aromatic carbocycles. The molecule has 25 heavy (non-hydrogen) atoms. The van der Waals surface area contributed by atoms with E-state index in [0.29, 0.717) is 13.1 Å². The van der Waals surface area contributed by atoms with E-state index < -0.39 is 0 Å². The minimum absolute atomic E-state index is 0.100. The van der Waals surface area contributed by atoms with Crippen LogP contribution in [0, 0.1) is 0 Å². The molecule has 0 bridgehead atoms. The number of amides is 2. The maximum Gasteiger partial charge on any atom is 0.322 e.